The number of piperidine rings is 1. The Morgan fingerprint density at radius 2 is 2.47 bits per heavy atom. The summed E-state index contributed by atoms with van der Waals surface area (Å²) in [5, 5.41) is 13.0. The van der Waals surface area contributed by atoms with E-state index in [4.69, 9.17) is 0 Å². The first kappa shape index (κ1) is 12.3. The lowest BCUT2D eigenvalue weighted by atomic mass is 10.1. The minimum absolute atomic E-state index is 0.210. The summed E-state index contributed by atoms with van der Waals surface area (Å²) in [6.07, 6.45) is 3.56. The van der Waals surface area contributed by atoms with Crippen molar-refractivity contribution in [1.82, 2.24) is 10.3 Å². The molecule has 0 bridgehead atoms. The van der Waals surface area contributed by atoms with Crippen molar-refractivity contribution in [3.05, 3.63) is 23.9 Å². The number of rotatable bonds is 4. The first-order valence-corrected chi connectivity index (χ1v) is 6.39. The number of anilines is 1. The molecule has 2 rings (SSSR count). The molecule has 0 aliphatic carbocycles. The highest BCUT2D eigenvalue weighted by Gasteiger charge is 2.20. The molecule has 4 nitrogen and oxygen atoms in total. The molecule has 1 aromatic heterocycles. The van der Waals surface area contributed by atoms with E-state index in [9.17, 15) is 5.11 Å². The summed E-state index contributed by atoms with van der Waals surface area (Å²) in [7, 11) is 0. The Labute approximate surface area is 103 Å². The van der Waals surface area contributed by atoms with E-state index in [0.717, 1.165) is 38.3 Å². The predicted octanol–water partition coefficient (Wildman–Crippen LogP) is 1.15. The molecule has 17 heavy (non-hydrogen) atoms. The van der Waals surface area contributed by atoms with Gasteiger partial charge in [0.25, 0.3) is 0 Å². The van der Waals surface area contributed by atoms with Crippen molar-refractivity contribution in [2.24, 2.45) is 0 Å². The van der Waals surface area contributed by atoms with Gasteiger partial charge in [-0.25, -0.2) is 4.98 Å². The van der Waals surface area contributed by atoms with E-state index in [0.29, 0.717) is 6.54 Å². The van der Waals surface area contributed by atoms with Gasteiger partial charge >= 0.3 is 0 Å². The Morgan fingerprint density at radius 1 is 1.59 bits per heavy atom. The molecule has 1 fully saturated rings. The number of hydrogen-bond acceptors (Lipinski definition) is 4. The fourth-order valence-corrected chi connectivity index (χ4v) is 2.26. The third-order valence-electron chi connectivity index (χ3n) is 3.13. The van der Waals surface area contributed by atoms with Crippen LogP contribution >= 0.6 is 0 Å². The van der Waals surface area contributed by atoms with Gasteiger partial charge in [-0.15, -0.1) is 0 Å². The van der Waals surface area contributed by atoms with Crippen LogP contribution in [0.2, 0.25) is 0 Å². The fourth-order valence-electron chi connectivity index (χ4n) is 2.26. The lowest BCUT2D eigenvalue weighted by molar-refractivity contribution is 0.154. The summed E-state index contributed by atoms with van der Waals surface area (Å²) in [5.74, 6) is 1.02. The van der Waals surface area contributed by atoms with E-state index >= 15 is 0 Å². The molecule has 0 spiro atoms. The standard InChI is InChI=1S/C13H21N3O/c1-2-14-9-11-5-3-7-15-13(11)16-8-4-6-12(17)10-16/h3,5,7,12,14,17H,2,4,6,8-10H2,1H3. The zero-order chi connectivity index (χ0) is 12.1. The monoisotopic (exact) mass is 235 g/mol. The van der Waals surface area contributed by atoms with Gasteiger partial charge in [0.15, 0.2) is 0 Å². The van der Waals surface area contributed by atoms with Gasteiger partial charge in [0.1, 0.15) is 5.82 Å². The van der Waals surface area contributed by atoms with Crippen molar-refractivity contribution >= 4 is 5.82 Å². The van der Waals surface area contributed by atoms with E-state index in [1.54, 1.807) is 0 Å². The van der Waals surface area contributed by atoms with Crippen molar-refractivity contribution < 1.29 is 5.11 Å². The normalized spacial score (nSPS) is 20.6. The zero-order valence-corrected chi connectivity index (χ0v) is 10.4. The number of nitrogens with zero attached hydrogens (tertiary/aromatic N) is 2. The van der Waals surface area contributed by atoms with Crippen LogP contribution in [-0.4, -0.2) is 35.8 Å². The summed E-state index contributed by atoms with van der Waals surface area (Å²) in [6, 6.07) is 4.07. The SMILES string of the molecule is CCNCc1cccnc1N1CCCC(O)C1. The van der Waals surface area contributed by atoms with Crippen LogP contribution < -0.4 is 10.2 Å². The molecule has 1 aliphatic heterocycles. The van der Waals surface area contributed by atoms with Crippen LogP contribution in [-0.2, 0) is 6.54 Å². The summed E-state index contributed by atoms with van der Waals surface area (Å²) in [4.78, 5) is 6.66. The highest BCUT2D eigenvalue weighted by Crippen LogP contribution is 2.21. The first-order chi connectivity index (χ1) is 8.31. The highest BCUT2D eigenvalue weighted by molar-refractivity contribution is 5.47. The molecule has 0 amide bonds. The maximum absolute atomic E-state index is 9.72. The third-order valence-corrected chi connectivity index (χ3v) is 3.13. The van der Waals surface area contributed by atoms with Crippen molar-refractivity contribution in [2.75, 3.05) is 24.5 Å². The molecule has 2 N–H and O–H groups in total. The Morgan fingerprint density at radius 3 is 3.24 bits per heavy atom. The second-order valence-corrected chi connectivity index (χ2v) is 4.51. The Kier molecular flexibility index (Phi) is 4.34. The van der Waals surface area contributed by atoms with Gasteiger partial charge in [-0.3, -0.25) is 0 Å². The average molecular weight is 235 g/mol. The van der Waals surface area contributed by atoms with Crippen LogP contribution in [0, 0.1) is 0 Å². The summed E-state index contributed by atoms with van der Waals surface area (Å²) in [5.41, 5.74) is 1.21. The minimum atomic E-state index is -0.210. The van der Waals surface area contributed by atoms with Crippen LogP contribution in [0.3, 0.4) is 0 Å². The Balaban J connectivity index is 2.12. The second kappa shape index (κ2) is 5.98. The van der Waals surface area contributed by atoms with Gasteiger partial charge in [0.05, 0.1) is 6.10 Å². The molecule has 0 aromatic carbocycles. The van der Waals surface area contributed by atoms with Crippen molar-refractivity contribution in [2.45, 2.75) is 32.4 Å². The van der Waals surface area contributed by atoms with Gasteiger partial charge < -0.3 is 15.3 Å². The van der Waals surface area contributed by atoms with Crippen LogP contribution in [0.25, 0.3) is 0 Å². The molecule has 0 radical (unpaired) electrons. The van der Waals surface area contributed by atoms with Gasteiger partial charge in [-0.05, 0) is 25.5 Å². The number of pyridine rings is 1. The zero-order valence-electron chi connectivity index (χ0n) is 10.4. The highest BCUT2D eigenvalue weighted by atomic mass is 16.3. The van der Waals surface area contributed by atoms with E-state index in [2.05, 4.69) is 28.2 Å². The number of β-amino-alcohol motifs (C(OH)–C–C–N with tert-alkyl or cyclic N) is 1. The van der Waals surface area contributed by atoms with E-state index in [1.165, 1.54) is 5.56 Å². The van der Waals surface area contributed by atoms with Gasteiger partial charge in [0.2, 0.25) is 0 Å². The van der Waals surface area contributed by atoms with Crippen molar-refractivity contribution in [1.29, 1.82) is 0 Å². The molecule has 1 aromatic rings. The number of aromatic nitrogens is 1. The summed E-state index contributed by atoms with van der Waals surface area (Å²) >= 11 is 0. The quantitative estimate of drug-likeness (QED) is 0.822. The Hall–Kier alpha value is -1.13. The molecule has 1 unspecified atom stereocenters. The molecule has 94 valence electrons. The maximum atomic E-state index is 9.72. The van der Waals surface area contributed by atoms with E-state index in [1.807, 2.05) is 12.3 Å². The number of nitrogens with one attached hydrogen (secondary N) is 1. The van der Waals surface area contributed by atoms with Crippen LogP contribution in [0.1, 0.15) is 25.3 Å². The molecule has 1 saturated heterocycles. The predicted molar refractivity (Wildman–Crippen MR) is 69.1 cm³/mol. The average Bonchev–Trinajstić information content (AvgIpc) is 2.37. The van der Waals surface area contributed by atoms with E-state index in [-0.39, 0.29) is 6.10 Å². The second-order valence-electron chi connectivity index (χ2n) is 4.51. The first-order valence-electron chi connectivity index (χ1n) is 6.39. The summed E-state index contributed by atoms with van der Waals surface area (Å²) < 4.78 is 0. The minimum Gasteiger partial charge on any atom is -0.391 e. The number of aliphatic hydroxyl groups excluding tert-OH is 1. The van der Waals surface area contributed by atoms with Gasteiger partial charge in [0, 0.05) is 31.4 Å². The fraction of sp³-hybridized carbons (Fsp3) is 0.615. The number of hydrogen-bond donors (Lipinski definition) is 2. The van der Waals surface area contributed by atoms with E-state index < -0.39 is 0 Å². The molecular formula is C13H21N3O. The molecular weight excluding hydrogens is 214 g/mol. The summed E-state index contributed by atoms with van der Waals surface area (Å²) in [6.45, 7) is 5.59. The molecule has 2 heterocycles. The van der Waals surface area contributed by atoms with Crippen LogP contribution in [0.15, 0.2) is 18.3 Å². The lowest BCUT2D eigenvalue weighted by Crippen LogP contribution is -2.39. The largest absolute Gasteiger partial charge is 0.391 e. The topological polar surface area (TPSA) is 48.4 Å². The van der Waals surface area contributed by atoms with Gasteiger partial charge in [-0.1, -0.05) is 13.0 Å². The molecule has 4 heteroatoms. The lowest BCUT2D eigenvalue weighted by Gasteiger charge is -2.32. The number of aliphatic hydroxyl groups is 1. The molecule has 1 atom stereocenters. The Bertz CT molecular complexity index is 356. The molecule has 0 saturated carbocycles. The molecule has 1 aliphatic rings. The van der Waals surface area contributed by atoms with Gasteiger partial charge in [-0.2, -0.15) is 0 Å². The maximum Gasteiger partial charge on any atom is 0.133 e. The van der Waals surface area contributed by atoms with Crippen LogP contribution in [0.5, 0.6) is 0 Å². The smallest absolute Gasteiger partial charge is 0.133 e. The van der Waals surface area contributed by atoms with Crippen molar-refractivity contribution in [3.63, 3.8) is 0 Å². The third kappa shape index (κ3) is 3.17. The van der Waals surface area contributed by atoms with Crippen molar-refractivity contribution in [3.8, 4) is 0 Å². The van der Waals surface area contributed by atoms with Crippen LogP contribution in [0.4, 0.5) is 5.82 Å².